The van der Waals surface area contributed by atoms with Crippen molar-refractivity contribution < 1.29 is 4.74 Å². The molecular weight excluding hydrogens is 250 g/mol. The molecule has 1 aromatic heterocycles. The third-order valence-corrected chi connectivity index (χ3v) is 3.63. The zero-order chi connectivity index (χ0) is 13.6. The number of morpholine rings is 1. The van der Waals surface area contributed by atoms with Crippen molar-refractivity contribution in [2.75, 3.05) is 24.6 Å². The summed E-state index contributed by atoms with van der Waals surface area (Å²) in [5.74, 6) is 0. The van der Waals surface area contributed by atoms with Crippen LogP contribution in [0.3, 0.4) is 0 Å². The fourth-order valence-corrected chi connectivity index (χ4v) is 2.54. The van der Waals surface area contributed by atoms with E-state index in [1.165, 1.54) is 5.69 Å². The normalized spacial score (nSPS) is 19.0. The summed E-state index contributed by atoms with van der Waals surface area (Å²) in [6, 6.07) is 12.5. The molecule has 4 heteroatoms. The minimum absolute atomic E-state index is 0.277. The third kappa shape index (κ3) is 3.33. The molecule has 0 radical (unpaired) electrons. The molecule has 0 saturated carbocycles. The van der Waals surface area contributed by atoms with Crippen molar-refractivity contribution in [2.45, 2.75) is 18.9 Å². The summed E-state index contributed by atoms with van der Waals surface area (Å²) in [6.07, 6.45) is 5.61. The summed E-state index contributed by atoms with van der Waals surface area (Å²) in [7, 11) is 0. The summed E-state index contributed by atoms with van der Waals surface area (Å²) in [5.41, 5.74) is 2.36. The molecule has 2 heterocycles. The SMILES string of the molecule is c1ccc(N2CCO[C@H](CCc3ccncn3)C2)cc1. The van der Waals surface area contributed by atoms with Gasteiger partial charge in [0.05, 0.1) is 12.7 Å². The lowest BCUT2D eigenvalue weighted by atomic mass is 10.1. The lowest BCUT2D eigenvalue weighted by Crippen LogP contribution is -2.42. The third-order valence-electron chi connectivity index (χ3n) is 3.63. The van der Waals surface area contributed by atoms with Crippen LogP contribution in [-0.4, -0.2) is 35.8 Å². The minimum atomic E-state index is 0.277. The molecule has 1 fully saturated rings. The zero-order valence-electron chi connectivity index (χ0n) is 11.5. The standard InChI is InChI=1S/C16H19N3O/c1-2-4-15(5-3-1)19-10-11-20-16(12-19)7-6-14-8-9-17-13-18-14/h1-5,8-9,13,16H,6-7,10-12H2/t16-/m1/s1. The fraction of sp³-hybridized carbons (Fsp3) is 0.375. The number of benzene rings is 1. The number of hydrogen-bond acceptors (Lipinski definition) is 4. The highest BCUT2D eigenvalue weighted by Gasteiger charge is 2.20. The van der Waals surface area contributed by atoms with Crippen LogP contribution in [0, 0.1) is 0 Å². The Morgan fingerprint density at radius 2 is 2.10 bits per heavy atom. The molecule has 104 valence electrons. The minimum Gasteiger partial charge on any atom is -0.375 e. The Bertz CT molecular complexity index is 518. The number of aryl methyl sites for hydroxylation is 1. The fourth-order valence-electron chi connectivity index (χ4n) is 2.54. The zero-order valence-corrected chi connectivity index (χ0v) is 11.5. The molecular formula is C16H19N3O. The number of ether oxygens (including phenoxy) is 1. The number of aromatic nitrogens is 2. The van der Waals surface area contributed by atoms with Crippen LogP contribution < -0.4 is 4.90 Å². The van der Waals surface area contributed by atoms with Crippen LogP contribution in [0.25, 0.3) is 0 Å². The van der Waals surface area contributed by atoms with Crippen molar-refractivity contribution in [1.29, 1.82) is 0 Å². The van der Waals surface area contributed by atoms with E-state index in [1.54, 1.807) is 12.5 Å². The van der Waals surface area contributed by atoms with Gasteiger partial charge in [0.15, 0.2) is 0 Å². The van der Waals surface area contributed by atoms with E-state index >= 15 is 0 Å². The Hall–Kier alpha value is -1.94. The summed E-state index contributed by atoms with van der Waals surface area (Å²) in [6.45, 7) is 2.71. The van der Waals surface area contributed by atoms with E-state index in [2.05, 4.69) is 45.2 Å². The maximum atomic E-state index is 5.87. The second kappa shape index (κ2) is 6.48. The highest BCUT2D eigenvalue weighted by atomic mass is 16.5. The van der Waals surface area contributed by atoms with Gasteiger partial charge in [-0.2, -0.15) is 0 Å². The van der Waals surface area contributed by atoms with Crippen LogP contribution in [0.5, 0.6) is 0 Å². The molecule has 0 bridgehead atoms. The van der Waals surface area contributed by atoms with Crippen LogP contribution in [0.4, 0.5) is 5.69 Å². The largest absolute Gasteiger partial charge is 0.375 e. The van der Waals surface area contributed by atoms with Crippen molar-refractivity contribution in [2.24, 2.45) is 0 Å². The molecule has 1 aliphatic heterocycles. The average molecular weight is 269 g/mol. The van der Waals surface area contributed by atoms with Crippen LogP contribution in [-0.2, 0) is 11.2 Å². The van der Waals surface area contributed by atoms with Gasteiger partial charge in [-0.25, -0.2) is 9.97 Å². The molecule has 1 saturated heterocycles. The number of hydrogen-bond donors (Lipinski definition) is 0. The number of anilines is 1. The molecule has 0 spiro atoms. The Morgan fingerprint density at radius 1 is 1.20 bits per heavy atom. The van der Waals surface area contributed by atoms with Crippen molar-refractivity contribution >= 4 is 5.69 Å². The predicted octanol–water partition coefficient (Wildman–Crippen LogP) is 2.31. The molecule has 0 N–H and O–H groups in total. The van der Waals surface area contributed by atoms with E-state index in [9.17, 15) is 0 Å². The van der Waals surface area contributed by atoms with Crippen molar-refractivity contribution in [3.63, 3.8) is 0 Å². The molecule has 1 aliphatic rings. The first-order valence-corrected chi connectivity index (χ1v) is 7.08. The molecule has 20 heavy (non-hydrogen) atoms. The lowest BCUT2D eigenvalue weighted by molar-refractivity contribution is 0.0353. The summed E-state index contributed by atoms with van der Waals surface area (Å²) < 4.78 is 5.87. The first-order chi connectivity index (χ1) is 9.92. The Kier molecular flexibility index (Phi) is 4.23. The molecule has 0 unspecified atom stereocenters. The van der Waals surface area contributed by atoms with Gasteiger partial charge in [-0.3, -0.25) is 0 Å². The van der Waals surface area contributed by atoms with Crippen LogP contribution in [0.2, 0.25) is 0 Å². The first-order valence-electron chi connectivity index (χ1n) is 7.08. The number of nitrogens with zero attached hydrogens (tertiary/aromatic N) is 3. The van der Waals surface area contributed by atoms with Crippen molar-refractivity contribution in [3.8, 4) is 0 Å². The average Bonchev–Trinajstić information content (AvgIpc) is 2.55. The molecule has 0 amide bonds. The molecule has 1 atom stereocenters. The summed E-state index contributed by atoms with van der Waals surface area (Å²) in [4.78, 5) is 10.6. The smallest absolute Gasteiger partial charge is 0.115 e. The van der Waals surface area contributed by atoms with Gasteiger partial charge in [0.25, 0.3) is 0 Å². The van der Waals surface area contributed by atoms with Crippen molar-refractivity contribution in [1.82, 2.24) is 9.97 Å². The lowest BCUT2D eigenvalue weighted by Gasteiger charge is -2.34. The quantitative estimate of drug-likeness (QED) is 0.853. The Balaban J connectivity index is 1.56. The second-order valence-electron chi connectivity index (χ2n) is 5.01. The van der Waals surface area contributed by atoms with Gasteiger partial charge in [-0.05, 0) is 31.0 Å². The van der Waals surface area contributed by atoms with E-state index in [-0.39, 0.29) is 6.10 Å². The van der Waals surface area contributed by atoms with Crippen molar-refractivity contribution in [3.05, 3.63) is 54.6 Å². The maximum absolute atomic E-state index is 5.87. The summed E-state index contributed by atoms with van der Waals surface area (Å²) in [5, 5.41) is 0. The summed E-state index contributed by atoms with van der Waals surface area (Å²) >= 11 is 0. The van der Waals surface area contributed by atoms with Crippen LogP contribution in [0.1, 0.15) is 12.1 Å². The van der Waals surface area contributed by atoms with Gasteiger partial charge in [-0.15, -0.1) is 0 Å². The second-order valence-corrected chi connectivity index (χ2v) is 5.01. The topological polar surface area (TPSA) is 38.2 Å². The Labute approximate surface area is 119 Å². The van der Waals surface area contributed by atoms with Crippen LogP contribution >= 0.6 is 0 Å². The van der Waals surface area contributed by atoms with Gasteiger partial charge in [0.1, 0.15) is 6.33 Å². The number of para-hydroxylation sites is 1. The van der Waals surface area contributed by atoms with Gasteiger partial charge in [0, 0.05) is 30.7 Å². The predicted molar refractivity (Wildman–Crippen MR) is 78.7 cm³/mol. The molecule has 1 aromatic carbocycles. The maximum Gasteiger partial charge on any atom is 0.115 e. The van der Waals surface area contributed by atoms with Gasteiger partial charge in [-0.1, -0.05) is 18.2 Å². The van der Waals surface area contributed by atoms with E-state index in [1.807, 2.05) is 6.07 Å². The highest BCUT2D eigenvalue weighted by molar-refractivity contribution is 5.46. The first kappa shape index (κ1) is 13.1. The molecule has 3 rings (SSSR count). The Morgan fingerprint density at radius 3 is 2.90 bits per heavy atom. The van der Waals surface area contributed by atoms with Gasteiger partial charge >= 0.3 is 0 Å². The van der Waals surface area contributed by atoms with E-state index in [0.717, 1.165) is 38.2 Å². The molecule has 2 aromatic rings. The highest BCUT2D eigenvalue weighted by Crippen LogP contribution is 2.19. The van der Waals surface area contributed by atoms with E-state index < -0.39 is 0 Å². The van der Waals surface area contributed by atoms with E-state index in [4.69, 9.17) is 4.74 Å². The van der Waals surface area contributed by atoms with Crippen LogP contribution in [0.15, 0.2) is 48.9 Å². The van der Waals surface area contributed by atoms with E-state index in [0.29, 0.717) is 0 Å². The van der Waals surface area contributed by atoms with Gasteiger partial charge < -0.3 is 9.64 Å². The number of rotatable bonds is 4. The monoisotopic (exact) mass is 269 g/mol. The molecule has 0 aliphatic carbocycles. The van der Waals surface area contributed by atoms with Gasteiger partial charge in [0.2, 0.25) is 0 Å². The molecule has 4 nitrogen and oxygen atoms in total.